The minimum atomic E-state index is -0.114. The van der Waals surface area contributed by atoms with Crippen molar-refractivity contribution in [2.24, 2.45) is 0 Å². The standard InChI is InChI=1S/C14H10ClN3OS/c1-9(19)18-11-2-4-12(5-3-11)20-14-13(15)10(8-16)6-7-17-14/h2-7H,1H3,(H,18,19). The van der Waals surface area contributed by atoms with Gasteiger partial charge in [0, 0.05) is 23.7 Å². The highest BCUT2D eigenvalue weighted by atomic mass is 35.5. The Morgan fingerprint density at radius 3 is 2.65 bits per heavy atom. The van der Waals surface area contributed by atoms with Crippen LogP contribution in [0.2, 0.25) is 5.02 Å². The van der Waals surface area contributed by atoms with Crippen LogP contribution >= 0.6 is 23.4 Å². The smallest absolute Gasteiger partial charge is 0.221 e. The molecule has 1 aromatic heterocycles. The van der Waals surface area contributed by atoms with Crippen molar-refractivity contribution in [3.8, 4) is 6.07 Å². The van der Waals surface area contributed by atoms with Crippen molar-refractivity contribution in [3.05, 3.63) is 47.1 Å². The Labute approximate surface area is 125 Å². The second kappa shape index (κ2) is 6.42. The summed E-state index contributed by atoms with van der Waals surface area (Å²) in [6.45, 7) is 1.46. The zero-order valence-corrected chi connectivity index (χ0v) is 12.1. The molecule has 0 spiro atoms. The molecule has 0 aliphatic rings. The Morgan fingerprint density at radius 1 is 1.35 bits per heavy atom. The van der Waals surface area contributed by atoms with E-state index in [1.807, 2.05) is 18.2 Å². The van der Waals surface area contributed by atoms with Crippen LogP contribution in [-0.4, -0.2) is 10.9 Å². The van der Waals surface area contributed by atoms with Crippen LogP contribution in [0, 0.1) is 11.3 Å². The number of aromatic nitrogens is 1. The fraction of sp³-hybridized carbons (Fsp3) is 0.0714. The number of anilines is 1. The van der Waals surface area contributed by atoms with Gasteiger partial charge in [-0.1, -0.05) is 23.4 Å². The van der Waals surface area contributed by atoms with Crippen molar-refractivity contribution in [2.45, 2.75) is 16.8 Å². The number of pyridine rings is 1. The number of carbonyl (C=O) groups excluding carboxylic acids is 1. The summed E-state index contributed by atoms with van der Waals surface area (Å²) in [6.07, 6.45) is 1.55. The third-order valence-electron chi connectivity index (χ3n) is 2.37. The van der Waals surface area contributed by atoms with Gasteiger partial charge in [-0.15, -0.1) is 0 Å². The number of amides is 1. The van der Waals surface area contributed by atoms with E-state index in [2.05, 4.69) is 10.3 Å². The van der Waals surface area contributed by atoms with Crippen molar-refractivity contribution in [3.63, 3.8) is 0 Å². The maximum absolute atomic E-state index is 10.9. The Kier molecular flexibility index (Phi) is 4.61. The molecule has 6 heteroatoms. The van der Waals surface area contributed by atoms with E-state index in [1.54, 1.807) is 24.4 Å². The molecule has 1 amide bonds. The van der Waals surface area contributed by atoms with Crippen molar-refractivity contribution in [2.75, 3.05) is 5.32 Å². The number of halogens is 1. The van der Waals surface area contributed by atoms with E-state index < -0.39 is 0 Å². The Morgan fingerprint density at radius 2 is 2.05 bits per heavy atom. The largest absolute Gasteiger partial charge is 0.326 e. The number of nitrogens with zero attached hydrogens (tertiary/aromatic N) is 2. The molecule has 1 heterocycles. The normalized spacial score (nSPS) is 9.85. The van der Waals surface area contributed by atoms with E-state index >= 15 is 0 Å². The molecule has 0 aliphatic heterocycles. The predicted octanol–water partition coefficient (Wildman–Crippen LogP) is 3.72. The zero-order valence-electron chi connectivity index (χ0n) is 10.6. The van der Waals surface area contributed by atoms with Gasteiger partial charge >= 0.3 is 0 Å². The summed E-state index contributed by atoms with van der Waals surface area (Å²) in [6, 6.07) is 10.9. The third kappa shape index (κ3) is 3.50. The van der Waals surface area contributed by atoms with E-state index in [-0.39, 0.29) is 5.91 Å². The maximum Gasteiger partial charge on any atom is 0.221 e. The van der Waals surface area contributed by atoms with Crippen molar-refractivity contribution >= 4 is 35.0 Å². The lowest BCUT2D eigenvalue weighted by Crippen LogP contribution is -2.05. The molecule has 1 N–H and O–H groups in total. The van der Waals surface area contributed by atoms with Crippen LogP contribution < -0.4 is 5.32 Å². The highest BCUT2D eigenvalue weighted by Crippen LogP contribution is 2.33. The number of benzene rings is 1. The number of rotatable bonds is 3. The van der Waals surface area contributed by atoms with Crippen LogP contribution in [0.4, 0.5) is 5.69 Å². The molecule has 0 radical (unpaired) electrons. The minimum absolute atomic E-state index is 0.114. The van der Waals surface area contributed by atoms with Crippen LogP contribution in [0.3, 0.4) is 0 Å². The number of carbonyl (C=O) groups is 1. The lowest BCUT2D eigenvalue weighted by molar-refractivity contribution is -0.114. The average molecular weight is 304 g/mol. The molecule has 4 nitrogen and oxygen atoms in total. The summed E-state index contributed by atoms with van der Waals surface area (Å²) in [5, 5.41) is 12.5. The summed E-state index contributed by atoms with van der Waals surface area (Å²) in [5.41, 5.74) is 1.13. The molecule has 20 heavy (non-hydrogen) atoms. The van der Waals surface area contributed by atoms with Gasteiger partial charge in [-0.3, -0.25) is 4.79 Å². The van der Waals surface area contributed by atoms with Gasteiger partial charge < -0.3 is 5.32 Å². The number of nitrogens with one attached hydrogen (secondary N) is 1. The summed E-state index contributed by atoms with van der Waals surface area (Å²) in [7, 11) is 0. The van der Waals surface area contributed by atoms with Gasteiger partial charge in [-0.2, -0.15) is 5.26 Å². The zero-order chi connectivity index (χ0) is 14.5. The van der Waals surface area contributed by atoms with Gasteiger partial charge in [0.15, 0.2) is 0 Å². The fourth-order valence-corrected chi connectivity index (χ4v) is 2.58. The van der Waals surface area contributed by atoms with E-state index in [1.165, 1.54) is 18.7 Å². The molecule has 2 rings (SSSR count). The molecule has 2 aromatic rings. The van der Waals surface area contributed by atoms with Gasteiger partial charge in [0.1, 0.15) is 11.1 Å². The summed E-state index contributed by atoms with van der Waals surface area (Å²) >= 11 is 7.46. The van der Waals surface area contributed by atoms with Crippen LogP contribution in [0.5, 0.6) is 0 Å². The van der Waals surface area contributed by atoms with E-state index in [4.69, 9.17) is 16.9 Å². The average Bonchev–Trinajstić information content (AvgIpc) is 2.43. The quantitative estimate of drug-likeness (QED) is 0.938. The van der Waals surface area contributed by atoms with Gasteiger partial charge in [0.2, 0.25) is 5.91 Å². The summed E-state index contributed by atoms with van der Waals surface area (Å²) < 4.78 is 0. The molecule has 100 valence electrons. The Bertz CT molecular complexity index is 680. The molecule has 0 saturated heterocycles. The lowest BCUT2D eigenvalue weighted by Gasteiger charge is -2.06. The monoisotopic (exact) mass is 303 g/mol. The molecule has 0 saturated carbocycles. The molecular formula is C14H10ClN3OS. The Balaban J connectivity index is 2.19. The number of hydrogen-bond donors (Lipinski definition) is 1. The maximum atomic E-state index is 10.9. The first-order chi connectivity index (χ1) is 9.60. The molecular weight excluding hydrogens is 294 g/mol. The molecule has 0 atom stereocenters. The summed E-state index contributed by atoms with van der Waals surface area (Å²) in [4.78, 5) is 16.0. The van der Waals surface area contributed by atoms with Crippen molar-refractivity contribution in [1.82, 2.24) is 4.98 Å². The van der Waals surface area contributed by atoms with Crippen molar-refractivity contribution < 1.29 is 4.79 Å². The van der Waals surface area contributed by atoms with Gasteiger partial charge in [-0.25, -0.2) is 4.98 Å². The predicted molar refractivity (Wildman–Crippen MR) is 78.8 cm³/mol. The topological polar surface area (TPSA) is 65.8 Å². The van der Waals surface area contributed by atoms with Gasteiger partial charge in [0.05, 0.1) is 10.6 Å². The molecule has 0 unspecified atom stereocenters. The van der Waals surface area contributed by atoms with E-state index in [0.717, 1.165) is 10.6 Å². The SMILES string of the molecule is CC(=O)Nc1ccc(Sc2nccc(C#N)c2Cl)cc1. The third-order valence-corrected chi connectivity index (χ3v) is 3.87. The van der Waals surface area contributed by atoms with Crippen LogP contribution in [0.15, 0.2) is 46.5 Å². The second-order valence-corrected chi connectivity index (χ2v) is 5.34. The summed E-state index contributed by atoms with van der Waals surface area (Å²) in [5.74, 6) is -0.114. The first-order valence-electron chi connectivity index (χ1n) is 5.70. The van der Waals surface area contributed by atoms with E-state index in [0.29, 0.717) is 15.6 Å². The minimum Gasteiger partial charge on any atom is -0.326 e. The molecule has 0 bridgehead atoms. The molecule has 0 fully saturated rings. The van der Waals surface area contributed by atoms with Gasteiger partial charge in [-0.05, 0) is 30.3 Å². The van der Waals surface area contributed by atoms with Crippen molar-refractivity contribution in [1.29, 1.82) is 5.26 Å². The highest BCUT2D eigenvalue weighted by Gasteiger charge is 2.09. The van der Waals surface area contributed by atoms with E-state index in [9.17, 15) is 4.79 Å². The Hall–Kier alpha value is -2.03. The first kappa shape index (κ1) is 14.4. The second-order valence-electron chi connectivity index (χ2n) is 3.90. The fourth-order valence-electron chi connectivity index (χ4n) is 1.50. The van der Waals surface area contributed by atoms with Crippen LogP contribution in [-0.2, 0) is 4.79 Å². The van der Waals surface area contributed by atoms with Crippen LogP contribution in [0.1, 0.15) is 12.5 Å². The first-order valence-corrected chi connectivity index (χ1v) is 6.89. The number of nitriles is 1. The lowest BCUT2D eigenvalue weighted by atomic mass is 10.3. The highest BCUT2D eigenvalue weighted by molar-refractivity contribution is 7.99. The van der Waals surface area contributed by atoms with Crippen LogP contribution in [0.25, 0.3) is 0 Å². The molecule has 0 aliphatic carbocycles. The molecule has 1 aromatic carbocycles. The van der Waals surface area contributed by atoms with Gasteiger partial charge in [0.25, 0.3) is 0 Å². The number of hydrogen-bond acceptors (Lipinski definition) is 4.